The molecule has 0 saturated heterocycles. The highest BCUT2D eigenvalue weighted by atomic mass is 16.2. The first-order valence-electron chi connectivity index (χ1n) is 5.44. The molecule has 0 aromatic rings. The smallest absolute Gasteiger partial charge is 0.237 e. The van der Waals surface area contributed by atoms with Crippen molar-refractivity contribution in [2.75, 3.05) is 6.54 Å². The molecule has 1 atom stereocenters. The zero-order valence-corrected chi connectivity index (χ0v) is 9.47. The predicted octanol–water partition coefficient (Wildman–Crippen LogP) is 1.28. The highest BCUT2D eigenvalue weighted by molar-refractivity contribution is 5.82. The molecule has 1 fully saturated rings. The van der Waals surface area contributed by atoms with Gasteiger partial charge in [-0.2, -0.15) is 0 Å². The minimum atomic E-state index is -0.400. The molecule has 14 heavy (non-hydrogen) atoms. The largest absolute Gasteiger partial charge is 0.354 e. The van der Waals surface area contributed by atoms with E-state index in [9.17, 15) is 4.79 Å². The fraction of sp³-hybridized carbons (Fsp3) is 0.909. The van der Waals surface area contributed by atoms with Crippen LogP contribution in [0.25, 0.3) is 0 Å². The van der Waals surface area contributed by atoms with Gasteiger partial charge in [0.2, 0.25) is 5.91 Å². The minimum Gasteiger partial charge on any atom is -0.354 e. The van der Waals surface area contributed by atoms with Crippen LogP contribution in [0.5, 0.6) is 0 Å². The van der Waals surface area contributed by atoms with Gasteiger partial charge in [0.05, 0.1) is 6.04 Å². The lowest BCUT2D eigenvalue weighted by atomic mass is 9.84. The summed E-state index contributed by atoms with van der Waals surface area (Å²) in [5.74, 6) is 0.690. The molecule has 3 heteroatoms. The number of nitrogens with two attached hydrogens (primary N) is 1. The second-order valence-corrected chi connectivity index (χ2v) is 5.39. The third kappa shape index (κ3) is 2.98. The molecule has 0 aliphatic heterocycles. The molecule has 0 radical (unpaired) electrons. The van der Waals surface area contributed by atoms with E-state index >= 15 is 0 Å². The first kappa shape index (κ1) is 11.5. The van der Waals surface area contributed by atoms with Crippen molar-refractivity contribution in [3.63, 3.8) is 0 Å². The molecule has 0 aromatic carbocycles. The van der Waals surface area contributed by atoms with Gasteiger partial charge in [0.1, 0.15) is 0 Å². The Hall–Kier alpha value is -0.570. The Balaban J connectivity index is 2.26. The van der Waals surface area contributed by atoms with Crippen LogP contribution in [0.1, 0.15) is 40.0 Å². The normalized spacial score (nSPS) is 20.0. The number of rotatable bonds is 3. The number of carbonyl (C=O) groups is 1. The van der Waals surface area contributed by atoms with Crippen molar-refractivity contribution in [1.29, 1.82) is 0 Å². The first-order valence-corrected chi connectivity index (χ1v) is 5.44. The zero-order valence-electron chi connectivity index (χ0n) is 9.47. The van der Waals surface area contributed by atoms with Crippen molar-refractivity contribution in [1.82, 2.24) is 5.32 Å². The second-order valence-electron chi connectivity index (χ2n) is 5.39. The van der Waals surface area contributed by atoms with E-state index in [0.717, 1.165) is 6.54 Å². The molecule has 3 nitrogen and oxygen atoms in total. The quantitative estimate of drug-likeness (QED) is 0.717. The van der Waals surface area contributed by atoms with Crippen LogP contribution in [-0.4, -0.2) is 18.5 Å². The van der Waals surface area contributed by atoms with Crippen LogP contribution >= 0.6 is 0 Å². The van der Waals surface area contributed by atoms with Crippen molar-refractivity contribution in [2.45, 2.75) is 46.1 Å². The van der Waals surface area contributed by atoms with Gasteiger partial charge in [0.25, 0.3) is 0 Å². The van der Waals surface area contributed by atoms with Crippen LogP contribution in [0.3, 0.4) is 0 Å². The Morgan fingerprint density at radius 1 is 1.50 bits per heavy atom. The van der Waals surface area contributed by atoms with Crippen molar-refractivity contribution in [2.24, 2.45) is 17.1 Å². The summed E-state index contributed by atoms with van der Waals surface area (Å²) in [7, 11) is 0. The lowest BCUT2D eigenvalue weighted by molar-refractivity contribution is -0.124. The maximum Gasteiger partial charge on any atom is 0.237 e. The van der Waals surface area contributed by atoms with Gasteiger partial charge in [-0.15, -0.1) is 0 Å². The van der Waals surface area contributed by atoms with Crippen LogP contribution in [0.4, 0.5) is 0 Å². The Morgan fingerprint density at radius 3 is 2.43 bits per heavy atom. The Kier molecular flexibility index (Phi) is 3.53. The van der Waals surface area contributed by atoms with E-state index in [1.54, 1.807) is 0 Å². The lowest BCUT2D eigenvalue weighted by Crippen LogP contribution is -2.49. The highest BCUT2D eigenvalue weighted by Crippen LogP contribution is 2.25. The number of carbonyl (C=O) groups excluding carboxylic acids is 1. The summed E-state index contributed by atoms with van der Waals surface area (Å²) in [5, 5.41) is 2.93. The number of nitrogens with one attached hydrogen (secondary N) is 1. The van der Waals surface area contributed by atoms with Crippen molar-refractivity contribution in [3.8, 4) is 0 Å². The number of amides is 1. The average Bonchev–Trinajstić information content (AvgIpc) is 1.98. The minimum absolute atomic E-state index is 0.00981. The Bertz CT molecular complexity index is 204. The van der Waals surface area contributed by atoms with Gasteiger partial charge >= 0.3 is 0 Å². The maximum absolute atomic E-state index is 11.6. The SMILES string of the molecule is CC(C)(C)[C@@H](N)C(=O)NCC1CCC1. The van der Waals surface area contributed by atoms with Crippen LogP contribution in [0.15, 0.2) is 0 Å². The fourth-order valence-electron chi connectivity index (χ4n) is 1.45. The maximum atomic E-state index is 11.6. The van der Waals surface area contributed by atoms with Gasteiger partial charge < -0.3 is 11.1 Å². The van der Waals surface area contributed by atoms with E-state index < -0.39 is 6.04 Å². The molecule has 0 unspecified atom stereocenters. The highest BCUT2D eigenvalue weighted by Gasteiger charge is 2.28. The van der Waals surface area contributed by atoms with Gasteiger partial charge in [0, 0.05) is 6.54 Å². The summed E-state index contributed by atoms with van der Waals surface area (Å²) in [4.78, 5) is 11.6. The topological polar surface area (TPSA) is 55.1 Å². The van der Waals surface area contributed by atoms with Gasteiger partial charge in [-0.25, -0.2) is 0 Å². The number of hydrogen-bond donors (Lipinski definition) is 2. The third-order valence-electron chi connectivity index (χ3n) is 3.01. The standard InChI is InChI=1S/C11H22N2O/c1-11(2,3)9(12)10(14)13-7-8-5-4-6-8/h8-9H,4-7,12H2,1-3H3,(H,13,14)/t9-/m0/s1. The van der Waals surface area contributed by atoms with Crippen LogP contribution in [0.2, 0.25) is 0 Å². The summed E-state index contributed by atoms with van der Waals surface area (Å²) >= 11 is 0. The molecule has 1 rings (SSSR count). The molecule has 0 aromatic heterocycles. The van der Waals surface area contributed by atoms with E-state index in [4.69, 9.17) is 5.73 Å². The summed E-state index contributed by atoms with van der Waals surface area (Å²) < 4.78 is 0. The fourth-order valence-corrected chi connectivity index (χ4v) is 1.45. The van der Waals surface area contributed by atoms with E-state index in [0.29, 0.717) is 5.92 Å². The third-order valence-corrected chi connectivity index (χ3v) is 3.01. The molecular weight excluding hydrogens is 176 g/mol. The second kappa shape index (κ2) is 4.30. The van der Waals surface area contributed by atoms with E-state index in [-0.39, 0.29) is 11.3 Å². The Morgan fingerprint density at radius 2 is 2.07 bits per heavy atom. The van der Waals surface area contributed by atoms with E-state index in [2.05, 4.69) is 5.32 Å². The Labute approximate surface area is 86.4 Å². The van der Waals surface area contributed by atoms with Gasteiger partial charge in [-0.1, -0.05) is 27.2 Å². The van der Waals surface area contributed by atoms with Crippen LogP contribution in [-0.2, 0) is 4.79 Å². The molecule has 1 aliphatic carbocycles. The van der Waals surface area contributed by atoms with Gasteiger partial charge in [-0.3, -0.25) is 4.79 Å². The molecule has 82 valence electrons. The van der Waals surface area contributed by atoms with E-state index in [1.165, 1.54) is 19.3 Å². The van der Waals surface area contributed by atoms with Gasteiger partial charge in [0.15, 0.2) is 0 Å². The molecule has 0 heterocycles. The molecule has 0 bridgehead atoms. The van der Waals surface area contributed by atoms with Crippen LogP contribution < -0.4 is 11.1 Å². The summed E-state index contributed by atoms with van der Waals surface area (Å²) in [6.07, 6.45) is 3.82. The summed E-state index contributed by atoms with van der Waals surface area (Å²) in [6.45, 7) is 6.77. The van der Waals surface area contributed by atoms with E-state index in [1.807, 2.05) is 20.8 Å². The molecular formula is C11H22N2O. The predicted molar refractivity (Wildman–Crippen MR) is 57.8 cm³/mol. The molecule has 1 aliphatic rings. The monoisotopic (exact) mass is 198 g/mol. The van der Waals surface area contributed by atoms with Crippen molar-refractivity contribution in [3.05, 3.63) is 0 Å². The number of hydrogen-bond acceptors (Lipinski definition) is 2. The molecule has 0 spiro atoms. The summed E-state index contributed by atoms with van der Waals surface area (Å²) in [6, 6.07) is -0.400. The van der Waals surface area contributed by atoms with Gasteiger partial charge in [-0.05, 0) is 24.2 Å². The zero-order chi connectivity index (χ0) is 10.8. The van der Waals surface area contributed by atoms with Crippen LogP contribution in [0, 0.1) is 11.3 Å². The molecule has 3 N–H and O–H groups in total. The molecule has 1 amide bonds. The van der Waals surface area contributed by atoms with Crippen molar-refractivity contribution >= 4 is 5.91 Å². The summed E-state index contributed by atoms with van der Waals surface area (Å²) in [5.41, 5.74) is 5.68. The average molecular weight is 198 g/mol. The first-order chi connectivity index (χ1) is 6.41. The van der Waals surface area contributed by atoms with Crippen molar-refractivity contribution < 1.29 is 4.79 Å². The lowest BCUT2D eigenvalue weighted by Gasteiger charge is -2.29. The molecule has 1 saturated carbocycles.